The number of allylic oxidation sites excluding steroid dienone is 2. The molecule has 0 N–H and O–H groups in total. The maximum atomic E-state index is 9.91. The molecular weight excluding hydrogens is 136 g/mol. The molecular formula is C10H16O. The fourth-order valence-electron chi connectivity index (χ4n) is 1.78. The molecule has 0 bridgehead atoms. The summed E-state index contributed by atoms with van der Waals surface area (Å²) in [5, 5.41) is 0. The van der Waals surface area contributed by atoms with Crippen LogP contribution in [0.5, 0.6) is 0 Å². The minimum Gasteiger partial charge on any atom is -0.299 e. The van der Waals surface area contributed by atoms with Crippen molar-refractivity contribution in [3.63, 3.8) is 0 Å². The van der Waals surface area contributed by atoms with E-state index in [1.807, 2.05) is 6.08 Å². The number of hydrogen-bond donors (Lipinski definition) is 0. The normalized spacial score (nSPS) is 19.6. The molecule has 1 saturated carbocycles. The average molecular weight is 152 g/mol. The Morgan fingerprint density at radius 2 is 2.00 bits per heavy atom. The first-order valence-electron chi connectivity index (χ1n) is 4.54. The van der Waals surface area contributed by atoms with Crippen molar-refractivity contribution in [2.24, 2.45) is 5.92 Å². The van der Waals surface area contributed by atoms with Gasteiger partial charge in [-0.05, 0) is 24.8 Å². The summed E-state index contributed by atoms with van der Waals surface area (Å²) in [6, 6.07) is 0. The van der Waals surface area contributed by atoms with Gasteiger partial charge in [0.25, 0.3) is 0 Å². The van der Waals surface area contributed by atoms with Crippen LogP contribution < -0.4 is 0 Å². The van der Waals surface area contributed by atoms with Gasteiger partial charge in [-0.1, -0.05) is 31.8 Å². The second-order valence-electron chi connectivity index (χ2n) is 3.29. The highest BCUT2D eigenvalue weighted by atomic mass is 16.1. The lowest BCUT2D eigenvalue weighted by molar-refractivity contribution is -0.104. The van der Waals surface area contributed by atoms with Crippen LogP contribution in [0, 0.1) is 5.92 Å². The first-order chi connectivity index (χ1) is 5.43. The van der Waals surface area contributed by atoms with Crippen molar-refractivity contribution in [2.75, 3.05) is 0 Å². The van der Waals surface area contributed by atoms with E-state index in [0.29, 0.717) is 0 Å². The summed E-state index contributed by atoms with van der Waals surface area (Å²) in [5.41, 5.74) is 0. The van der Waals surface area contributed by atoms with Gasteiger partial charge < -0.3 is 0 Å². The molecule has 0 radical (unpaired) electrons. The van der Waals surface area contributed by atoms with Gasteiger partial charge in [0.05, 0.1) is 0 Å². The molecule has 0 aromatic heterocycles. The Kier molecular flexibility index (Phi) is 3.95. The number of carbonyl (C=O) groups excluding carboxylic acids is 1. The maximum Gasteiger partial charge on any atom is 0.142 e. The van der Waals surface area contributed by atoms with Gasteiger partial charge in [0.15, 0.2) is 0 Å². The van der Waals surface area contributed by atoms with E-state index in [0.717, 1.165) is 18.6 Å². The van der Waals surface area contributed by atoms with E-state index in [2.05, 4.69) is 0 Å². The molecule has 0 amide bonds. The van der Waals surface area contributed by atoms with Gasteiger partial charge in [-0.3, -0.25) is 4.79 Å². The molecule has 1 aliphatic carbocycles. The lowest BCUT2D eigenvalue weighted by Crippen LogP contribution is -1.90. The van der Waals surface area contributed by atoms with E-state index < -0.39 is 0 Å². The smallest absolute Gasteiger partial charge is 0.142 e. The van der Waals surface area contributed by atoms with Gasteiger partial charge in [0.2, 0.25) is 0 Å². The number of aldehydes is 1. The van der Waals surface area contributed by atoms with E-state index >= 15 is 0 Å². The zero-order valence-corrected chi connectivity index (χ0v) is 6.96. The molecule has 0 heterocycles. The Hall–Kier alpha value is -0.590. The van der Waals surface area contributed by atoms with Crippen LogP contribution in [-0.2, 0) is 4.79 Å². The third-order valence-corrected chi connectivity index (χ3v) is 2.43. The van der Waals surface area contributed by atoms with Crippen molar-refractivity contribution in [2.45, 2.75) is 38.5 Å². The van der Waals surface area contributed by atoms with Crippen LogP contribution in [0.25, 0.3) is 0 Å². The van der Waals surface area contributed by atoms with Crippen molar-refractivity contribution in [1.29, 1.82) is 0 Å². The summed E-state index contributed by atoms with van der Waals surface area (Å²) in [4.78, 5) is 9.91. The third kappa shape index (κ3) is 3.35. The fourth-order valence-corrected chi connectivity index (χ4v) is 1.78. The van der Waals surface area contributed by atoms with E-state index in [1.165, 1.54) is 32.1 Å². The molecule has 1 rings (SSSR count). The van der Waals surface area contributed by atoms with Gasteiger partial charge in [-0.25, -0.2) is 0 Å². The minimum absolute atomic E-state index is 0.856. The largest absolute Gasteiger partial charge is 0.299 e. The molecule has 0 spiro atoms. The van der Waals surface area contributed by atoms with Crippen LogP contribution in [0.15, 0.2) is 12.2 Å². The van der Waals surface area contributed by atoms with Crippen LogP contribution in [-0.4, -0.2) is 6.29 Å². The van der Waals surface area contributed by atoms with Crippen molar-refractivity contribution in [3.8, 4) is 0 Å². The predicted octanol–water partition coefficient (Wildman–Crippen LogP) is 2.71. The summed E-state index contributed by atoms with van der Waals surface area (Å²) in [7, 11) is 0. The van der Waals surface area contributed by atoms with Gasteiger partial charge in [0.1, 0.15) is 6.29 Å². The second kappa shape index (κ2) is 5.11. The number of rotatable bonds is 4. The molecule has 0 saturated heterocycles. The lowest BCUT2D eigenvalue weighted by atomic mass is 10.0. The van der Waals surface area contributed by atoms with Crippen LogP contribution >= 0.6 is 0 Å². The Morgan fingerprint density at radius 3 is 2.64 bits per heavy atom. The van der Waals surface area contributed by atoms with E-state index in [1.54, 1.807) is 6.08 Å². The number of carbonyl (C=O) groups is 1. The molecule has 0 aromatic carbocycles. The molecule has 1 fully saturated rings. The van der Waals surface area contributed by atoms with Gasteiger partial charge in [-0.15, -0.1) is 0 Å². The van der Waals surface area contributed by atoms with Crippen molar-refractivity contribution in [1.82, 2.24) is 0 Å². The highest BCUT2D eigenvalue weighted by Gasteiger charge is 2.12. The Morgan fingerprint density at radius 1 is 1.27 bits per heavy atom. The second-order valence-corrected chi connectivity index (χ2v) is 3.29. The Balaban J connectivity index is 2.01. The fraction of sp³-hybridized carbons (Fsp3) is 0.700. The topological polar surface area (TPSA) is 17.1 Å². The van der Waals surface area contributed by atoms with E-state index in [-0.39, 0.29) is 0 Å². The molecule has 0 aromatic rings. The summed E-state index contributed by atoms with van der Waals surface area (Å²) < 4.78 is 0. The predicted molar refractivity (Wildman–Crippen MR) is 46.4 cm³/mol. The SMILES string of the molecule is O=C/C=C/CCC1CCCC1. The Bertz CT molecular complexity index is 132. The van der Waals surface area contributed by atoms with Crippen LogP contribution in [0.2, 0.25) is 0 Å². The Labute approximate surface area is 68.5 Å². The first-order valence-corrected chi connectivity index (χ1v) is 4.54. The third-order valence-electron chi connectivity index (χ3n) is 2.43. The summed E-state index contributed by atoms with van der Waals surface area (Å²) >= 11 is 0. The molecule has 1 heteroatoms. The van der Waals surface area contributed by atoms with Crippen LogP contribution in [0.1, 0.15) is 38.5 Å². The minimum atomic E-state index is 0.856. The van der Waals surface area contributed by atoms with Crippen LogP contribution in [0.3, 0.4) is 0 Å². The van der Waals surface area contributed by atoms with Crippen LogP contribution in [0.4, 0.5) is 0 Å². The van der Waals surface area contributed by atoms with Crippen molar-refractivity contribution in [3.05, 3.63) is 12.2 Å². The van der Waals surface area contributed by atoms with Gasteiger partial charge >= 0.3 is 0 Å². The first kappa shape index (κ1) is 8.51. The highest BCUT2D eigenvalue weighted by Crippen LogP contribution is 2.28. The van der Waals surface area contributed by atoms with Gasteiger partial charge in [-0.2, -0.15) is 0 Å². The monoisotopic (exact) mass is 152 g/mol. The molecule has 11 heavy (non-hydrogen) atoms. The summed E-state index contributed by atoms with van der Waals surface area (Å²) in [6.07, 6.45) is 12.5. The van der Waals surface area contributed by atoms with E-state index in [9.17, 15) is 4.79 Å². The van der Waals surface area contributed by atoms with Crippen molar-refractivity contribution < 1.29 is 4.79 Å². The molecule has 62 valence electrons. The van der Waals surface area contributed by atoms with Crippen molar-refractivity contribution >= 4 is 6.29 Å². The summed E-state index contributed by atoms with van der Waals surface area (Å²) in [6.45, 7) is 0. The maximum absolute atomic E-state index is 9.91. The average Bonchev–Trinajstić information content (AvgIpc) is 2.50. The zero-order valence-electron chi connectivity index (χ0n) is 6.96. The molecule has 1 aliphatic rings. The molecule has 0 unspecified atom stereocenters. The standard InChI is InChI=1S/C10H16O/c11-9-5-1-2-6-10-7-3-4-8-10/h1,5,9-10H,2-4,6-8H2/b5-1+. The zero-order chi connectivity index (χ0) is 7.94. The molecule has 1 nitrogen and oxygen atoms in total. The molecule has 0 aliphatic heterocycles. The van der Waals surface area contributed by atoms with Gasteiger partial charge in [0, 0.05) is 0 Å². The highest BCUT2D eigenvalue weighted by molar-refractivity contribution is 5.64. The lowest BCUT2D eigenvalue weighted by Gasteiger charge is -2.04. The molecule has 0 atom stereocenters. The quantitative estimate of drug-likeness (QED) is 0.447. The summed E-state index contributed by atoms with van der Waals surface area (Å²) in [5.74, 6) is 0.950. The van der Waals surface area contributed by atoms with E-state index in [4.69, 9.17) is 0 Å². The number of hydrogen-bond acceptors (Lipinski definition) is 1.